The van der Waals surface area contributed by atoms with E-state index >= 15 is 0 Å². The van der Waals surface area contributed by atoms with E-state index in [-0.39, 0.29) is 6.61 Å². The Kier molecular flexibility index (Phi) is 7.40. The summed E-state index contributed by atoms with van der Waals surface area (Å²) in [5, 5.41) is 24.7. The number of piperidine rings is 1. The van der Waals surface area contributed by atoms with Gasteiger partial charge in [-0.15, -0.1) is 11.8 Å². The molecule has 24 heavy (non-hydrogen) atoms. The summed E-state index contributed by atoms with van der Waals surface area (Å²) in [6.07, 6.45) is 3.52. The van der Waals surface area contributed by atoms with Crippen LogP contribution in [0.15, 0.2) is 5.03 Å². The molecule has 0 aliphatic carbocycles. The predicted octanol–water partition coefficient (Wildman–Crippen LogP) is 0.977. The molecule has 0 amide bonds. The van der Waals surface area contributed by atoms with Crippen molar-refractivity contribution in [1.29, 1.82) is 0 Å². The molecule has 1 aromatic rings. The van der Waals surface area contributed by atoms with Crippen LogP contribution in [-0.4, -0.2) is 72.9 Å². The highest BCUT2D eigenvalue weighted by molar-refractivity contribution is 7.99. The lowest BCUT2D eigenvalue weighted by atomic mass is 9.89. The molecule has 0 saturated carbocycles. The van der Waals surface area contributed by atoms with Crippen LogP contribution in [0.3, 0.4) is 0 Å². The second-order valence-electron chi connectivity index (χ2n) is 5.76. The Morgan fingerprint density at radius 3 is 2.62 bits per heavy atom. The van der Waals surface area contributed by atoms with Crippen molar-refractivity contribution in [2.45, 2.75) is 30.2 Å². The second kappa shape index (κ2) is 9.30. The molecular formula is C14H21N3O5S2. The van der Waals surface area contributed by atoms with Gasteiger partial charge in [0.05, 0.1) is 17.4 Å². The quantitative estimate of drug-likeness (QED) is 0.392. The van der Waals surface area contributed by atoms with Crippen LogP contribution in [0.5, 0.6) is 0 Å². The molecule has 2 aliphatic heterocycles. The van der Waals surface area contributed by atoms with Gasteiger partial charge < -0.3 is 20.2 Å². The van der Waals surface area contributed by atoms with E-state index in [4.69, 9.17) is 24.9 Å². The lowest BCUT2D eigenvalue weighted by Gasteiger charge is -2.21. The fourth-order valence-corrected chi connectivity index (χ4v) is 4.77. The summed E-state index contributed by atoms with van der Waals surface area (Å²) in [7, 11) is 0. The molecule has 0 aromatic carbocycles. The number of aliphatic carboxylic acids is 2. The number of rotatable bonds is 5. The lowest BCUT2D eigenvalue weighted by molar-refractivity contribution is -0.159. The Morgan fingerprint density at radius 2 is 2.00 bits per heavy atom. The first-order valence-corrected chi connectivity index (χ1v) is 9.49. The standard InChI is InChI=1S/C12H19N3OS2.C2H2O4/c16-5-2-6-17-12-11(13-18-14-12)10-8-15-4-1-3-9(10)7-15;3-1(4)2(5)6/h9-10,16H,1-8H2;(H,3,4)(H,5,6). The highest BCUT2D eigenvalue weighted by Gasteiger charge is 2.38. The summed E-state index contributed by atoms with van der Waals surface area (Å²) in [5.41, 5.74) is 1.23. The van der Waals surface area contributed by atoms with E-state index in [1.165, 1.54) is 49.9 Å². The molecule has 3 unspecified atom stereocenters. The fraction of sp³-hybridized carbons (Fsp3) is 0.714. The molecular weight excluding hydrogens is 354 g/mol. The summed E-state index contributed by atoms with van der Waals surface area (Å²) in [4.78, 5) is 20.8. The molecule has 3 heterocycles. The van der Waals surface area contributed by atoms with E-state index in [1.54, 1.807) is 11.8 Å². The third kappa shape index (κ3) is 5.13. The van der Waals surface area contributed by atoms with Crippen LogP contribution in [0.4, 0.5) is 0 Å². The summed E-state index contributed by atoms with van der Waals surface area (Å²) in [6, 6.07) is 0. The number of carboxylic acid groups (broad SMARTS) is 2. The summed E-state index contributed by atoms with van der Waals surface area (Å²) in [6.45, 7) is 3.95. The Morgan fingerprint density at radius 1 is 1.25 bits per heavy atom. The van der Waals surface area contributed by atoms with Gasteiger partial charge in [-0.1, -0.05) is 0 Å². The molecule has 10 heteroatoms. The Labute approximate surface area is 148 Å². The van der Waals surface area contributed by atoms with Gasteiger partial charge in [0.25, 0.3) is 0 Å². The second-order valence-corrected chi connectivity index (χ2v) is 7.37. The van der Waals surface area contributed by atoms with E-state index in [2.05, 4.69) is 13.6 Å². The highest BCUT2D eigenvalue weighted by Crippen LogP contribution is 2.41. The summed E-state index contributed by atoms with van der Waals surface area (Å²) < 4.78 is 9.00. The Bertz CT molecular complexity index is 556. The molecule has 3 rings (SSSR count). The number of aromatic nitrogens is 2. The minimum absolute atomic E-state index is 0.264. The molecule has 8 nitrogen and oxygen atoms in total. The first-order chi connectivity index (χ1) is 11.5. The van der Waals surface area contributed by atoms with Crippen LogP contribution in [0.2, 0.25) is 0 Å². The van der Waals surface area contributed by atoms with E-state index in [9.17, 15) is 0 Å². The van der Waals surface area contributed by atoms with Crippen molar-refractivity contribution in [2.24, 2.45) is 5.92 Å². The first-order valence-electron chi connectivity index (χ1n) is 7.77. The van der Waals surface area contributed by atoms with Gasteiger partial charge in [-0.2, -0.15) is 8.75 Å². The number of aliphatic hydroxyl groups excluding tert-OH is 1. The summed E-state index contributed by atoms with van der Waals surface area (Å²) in [5.74, 6) is -1.32. The zero-order chi connectivity index (χ0) is 17.5. The number of aliphatic hydroxyl groups is 1. The van der Waals surface area contributed by atoms with E-state index < -0.39 is 11.9 Å². The first kappa shape index (κ1) is 19.1. The molecule has 3 atom stereocenters. The molecule has 2 fully saturated rings. The van der Waals surface area contributed by atoms with Crippen LogP contribution < -0.4 is 0 Å². The van der Waals surface area contributed by atoms with E-state index in [0.717, 1.165) is 23.1 Å². The predicted molar refractivity (Wildman–Crippen MR) is 89.5 cm³/mol. The molecule has 2 aliphatic rings. The number of fused-ring (bicyclic) bond motifs is 2. The minimum atomic E-state index is -1.82. The van der Waals surface area contributed by atoms with Gasteiger partial charge in [0, 0.05) is 31.4 Å². The van der Waals surface area contributed by atoms with Gasteiger partial charge in [0.2, 0.25) is 0 Å². The average molecular weight is 375 g/mol. The average Bonchev–Trinajstić information content (AvgIpc) is 3.12. The largest absolute Gasteiger partial charge is 0.473 e. The van der Waals surface area contributed by atoms with Gasteiger partial charge in [-0.05, 0) is 31.7 Å². The third-order valence-corrected chi connectivity index (χ3v) is 5.85. The van der Waals surface area contributed by atoms with E-state index in [1.807, 2.05) is 0 Å². The third-order valence-electron chi connectivity index (χ3n) is 4.12. The Balaban J connectivity index is 0.000000301. The van der Waals surface area contributed by atoms with Crippen molar-refractivity contribution in [1.82, 2.24) is 13.6 Å². The molecule has 2 bridgehead atoms. The van der Waals surface area contributed by atoms with Crippen molar-refractivity contribution >= 4 is 35.4 Å². The molecule has 0 radical (unpaired) electrons. The smallest absolute Gasteiger partial charge is 0.414 e. The van der Waals surface area contributed by atoms with Crippen molar-refractivity contribution in [3.63, 3.8) is 0 Å². The number of hydrogen-bond acceptors (Lipinski definition) is 8. The topological polar surface area (TPSA) is 124 Å². The number of thioether (sulfide) groups is 1. The number of carboxylic acids is 2. The molecule has 0 spiro atoms. The van der Waals surface area contributed by atoms with Gasteiger partial charge in [-0.25, -0.2) is 9.59 Å². The van der Waals surface area contributed by atoms with Crippen LogP contribution in [0.1, 0.15) is 30.9 Å². The maximum absolute atomic E-state index is 9.10. The van der Waals surface area contributed by atoms with Crippen LogP contribution in [-0.2, 0) is 9.59 Å². The monoisotopic (exact) mass is 375 g/mol. The van der Waals surface area contributed by atoms with Gasteiger partial charge >= 0.3 is 11.9 Å². The zero-order valence-electron chi connectivity index (χ0n) is 13.1. The van der Waals surface area contributed by atoms with Crippen molar-refractivity contribution in [2.75, 3.05) is 32.0 Å². The fourth-order valence-electron chi connectivity index (χ4n) is 3.07. The normalized spacial score (nSPS) is 25.0. The minimum Gasteiger partial charge on any atom is -0.473 e. The number of carbonyl (C=O) groups is 2. The summed E-state index contributed by atoms with van der Waals surface area (Å²) >= 11 is 3.10. The SMILES string of the molecule is O=C(O)C(=O)O.OCCCSc1nsnc1C1CN2CCCC1C2. The maximum Gasteiger partial charge on any atom is 0.414 e. The van der Waals surface area contributed by atoms with Crippen molar-refractivity contribution in [3.8, 4) is 0 Å². The van der Waals surface area contributed by atoms with Crippen LogP contribution in [0.25, 0.3) is 0 Å². The Hall–Kier alpha value is -1.23. The van der Waals surface area contributed by atoms with Crippen molar-refractivity contribution < 1.29 is 24.9 Å². The van der Waals surface area contributed by atoms with Gasteiger partial charge in [0.15, 0.2) is 0 Å². The van der Waals surface area contributed by atoms with Crippen LogP contribution >= 0.6 is 23.5 Å². The highest BCUT2D eigenvalue weighted by atomic mass is 32.2. The number of nitrogens with zero attached hydrogens (tertiary/aromatic N) is 3. The van der Waals surface area contributed by atoms with E-state index in [0.29, 0.717) is 5.92 Å². The van der Waals surface area contributed by atoms with Gasteiger partial charge in [-0.3, -0.25) is 0 Å². The van der Waals surface area contributed by atoms with Crippen LogP contribution in [0, 0.1) is 5.92 Å². The molecule has 134 valence electrons. The zero-order valence-corrected chi connectivity index (χ0v) is 14.8. The molecule has 2 saturated heterocycles. The maximum atomic E-state index is 9.10. The number of hydrogen-bond donors (Lipinski definition) is 3. The van der Waals surface area contributed by atoms with Crippen molar-refractivity contribution in [3.05, 3.63) is 5.69 Å². The van der Waals surface area contributed by atoms with Gasteiger partial charge in [0.1, 0.15) is 5.03 Å². The molecule has 3 N–H and O–H groups in total. The lowest BCUT2D eigenvalue weighted by Crippen LogP contribution is -2.25. The molecule has 1 aromatic heterocycles.